The van der Waals surface area contributed by atoms with E-state index in [4.69, 9.17) is 11.6 Å². The summed E-state index contributed by atoms with van der Waals surface area (Å²) in [4.78, 5) is 0. The standard InChI is InChI=1S/C9H6ClS/c1-6-5-11-9-3-2-7(10)4-8(6)9/h2-5H,1H2. The van der Waals surface area contributed by atoms with Crippen molar-refractivity contribution in [2.45, 2.75) is 0 Å². The molecule has 1 aromatic heterocycles. The van der Waals surface area contributed by atoms with Gasteiger partial charge in [0.05, 0.1) is 0 Å². The molecule has 2 heteroatoms. The maximum atomic E-state index is 5.82. The third-order valence-corrected chi connectivity index (χ3v) is 2.86. The normalized spacial score (nSPS) is 10.7. The minimum atomic E-state index is 0.779. The zero-order valence-corrected chi connectivity index (χ0v) is 7.38. The molecule has 0 aliphatic heterocycles. The molecule has 0 saturated heterocycles. The molecular weight excluding hydrogens is 176 g/mol. The van der Waals surface area contributed by atoms with Crippen LogP contribution in [0.1, 0.15) is 5.56 Å². The van der Waals surface area contributed by atoms with E-state index < -0.39 is 0 Å². The summed E-state index contributed by atoms with van der Waals surface area (Å²) in [6, 6.07) is 5.88. The minimum absolute atomic E-state index is 0.779. The average Bonchev–Trinajstić information content (AvgIpc) is 2.33. The van der Waals surface area contributed by atoms with E-state index in [1.54, 1.807) is 11.3 Å². The van der Waals surface area contributed by atoms with Gasteiger partial charge in [-0.1, -0.05) is 11.6 Å². The van der Waals surface area contributed by atoms with Gasteiger partial charge in [-0.15, -0.1) is 11.3 Å². The van der Waals surface area contributed by atoms with Crippen LogP contribution in [0.4, 0.5) is 0 Å². The Morgan fingerprint density at radius 2 is 2.18 bits per heavy atom. The molecule has 11 heavy (non-hydrogen) atoms. The van der Waals surface area contributed by atoms with E-state index in [0.29, 0.717) is 0 Å². The molecule has 1 radical (unpaired) electrons. The smallest absolute Gasteiger partial charge is 0.0413 e. The lowest BCUT2D eigenvalue weighted by atomic mass is 10.2. The number of halogens is 1. The van der Waals surface area contributed by atoms with Crippen LogP contribution in [0.25, 0.3) is 10.1 Å². The Kier molecular flexibility index (Phi) is 1.63. The molecule has 0 fully saturated rings. The van der Waals surface area contributed by atoms with Crippen molar-refractivity contribution >= 4 is 33.0 Å². The second kappa shape index (κ2) is 2.50. The molecule has 1 heterocycles. The molecule has 2 rings (SSSR count). The van der Waals surface area contributed by atoms with Crippen LogP contribution in [-0.4, -0.2) is 0 Å². The van der Waals surface area contributed by atoms with Crippen molar-refractivity contribution in [1.29, 1.82) is 0 Å². The Bertz CT molecular complexity index is 389. The maximum absolute atomic E-state index is 5.82. The van der Waals surface area contributed by atoms with Gasteiger partial charge in [-0.25, -0.2) is 0 Å². The summed E-state index contributed by atoms with van der Waals surface area (Å²) < 4.78 is 1.25. The van der Waals surface area contributed by atoms with E-state index in [2.05, 4.69) is 6.92 Å². The number of hydrogen-bond donors (Lipinski definition) is 0. The molecule has 0 nitrogen and oxygen atoms in total. The molecule has 0 spiro atoms. The highest BCUT2D eigenvalue weighted by molar-refractivity contribution is 7.17. The van der Waals surface area contributed by atoms with Crippen molar-refractivity contribution in [3.8, 4) is 0 Å². The van der Waals surface area contributed by atoms with Crippen molar-refractivity contribution < 1.29 is 0 Å². The van der Waals surface area contributed by atoms with Gasteiger partial charge in [-0.3, -0.25) is 0 Å². The summed E-state index contributed by atoms with van der Waals surface area (Å²) in [7, 11) is 0. The molecule has 1 aromatic carbocycles. The second-order valence-electron chi connectivity index (χ2n) is 2.40. The van der Waals surface area contributed by atoms with Crippen LogP contribution in [0.5, 0.6) is 0 Å². The lowest BCUT2D eigenvalue weighted by Gasteiger charge is -1.91. The quantitative estimate of drug-likeness (QED) is 0.581. The third-order valence-electron chi connectivity index (χ3n) is 1.62. The summed E-state index contributed by atoms with van der Waals surface area (Å²) >= 11 is 7.53. The number of rotatable bonds is 0. The second-order valence-corrected chi connectivity index (χ2v) is 3.75. The Labute approximate surface area is 74.4 Å². The van der Waals surface area contributed by atoms with Gasteiger partial charge in [0.25, 0.3) is 0 Å². The zero-order chi connectivity index (χ0) is 7.84. The van der Waals surface area contributed by atoms with Crippen molar-refractivity contribution in [3.63, 3.8) is 0 Å². The molecule has 55 valence electrons. The molecule has 0 amide bonds. The van der Waals surface area contributed by atoms with Crippen LogP contribution in [0.3, 0.4) is 0 Å². The largest absolute Gasteiger partial charge is 0.144 e. The van der Waals surface area contributed by atoms with Gasteiger partial charge in [0, 0.05) is 9.72 Å². The molecule has 2 aromatic rings. The van der Waals surface area contributed by atoms with Crippen LogP contribution in [0.2, 0.25) is 5.02 Å². The number of thiophene rings is 1. The monoisotopic (exact) mass is 181 g/mol. The lowest BCUT2D eigenvalue weighted by molar-refractivity contribution is 1.79. The summed E-state index contributed by atoms with van der Waals surface area (Å²) in [5.74, 6) is 0. The van der Waals surface area contributed by atoms with E-state index in [1.165, 1.54) is 10.1 Å². The predicted octanol–water partition coefficient (Wildman–Crippen LogP) is 3.74. The maximum Gasteiger partial charge on any atom is 0.0413 e. The fourth-order valence-electron chi connectivity index (χ4n) is 1.05. The Balaban J connectivity index is 2.87. The third kappa shape index (κ3) is 1.15. The van der Waals surface area contributed by atoms with E-state index in [-0.39, 0.29) is 0 Å². The Morgan fingerprint density at radius 3 is 3.00 bits per heavy atom. The van der Waals surface area contributed by atoms with E-state index in [0.717, 1.165) is 10.6 Å². The first-order valence-electron chi connectivity index (χ1n) is 3.26. The van der Waals surface area contributed by atoms with Crippen molar-refractivity contribution in [2.24, 2.45) is 0 Å². The van der Waals surface area contributed by atoms with Crippen molar-refractivity contribution in [3.05, 3.63) is 41.1 Å². The first-order valence-corrected chi connectivity index (χ1v) is 4.52. The van der Waals surface area contributed by atoms with Crippen LogP contribution >= 0.6 is 22.9 Å². The summed E-state index contributed by atoms with van der Waals surface area (Å²) in [6.07, 6.45) is 0. The van der Waals surface area contributed by atoms with Crippen LogP contribution in [0.15, 0.2) is 23.6 Å². The predicted molar refractivity (Wildman–Crippen MR) is 51.3 cm³/mol. The Hall–Kier alpha value is -0.530. The highest BCUT2D eigenvalue weighted by Gasteiger charge is 1.98. The summed E-state index contributed by atoms with van der Waals surface area (Å²) in [5.41, 5.74) is 1.06. The Morgan fingerprint density at radius 1 is 1.36 bits per heavy atom. The fraction of sp³-hybridized carbons (Fsp3) is 0. The number of fused-ring (bicyclic) bond motifs is 1. The molecular formula is C9H6ClS. The molecule has 0 aliphatic rings. The highest BCUT2D eigenvalue weighted by Crippen LogP contribution is 2.27. The summed E-state index contributed by atoms with van der Waals surface area (Å²) in [5, 5.41) is 3.99. The van der Waals surface area contributed by atoms with Gasteiger partial charge in [0.15, 0.2) is 0 Å². The van der Waals surface area contributed by atoms with Crippen molar-refractivity contribution in [1.82, 2.24) is 0 Å². The first-order chi connectivity index (χ1) is 5.27. The molecule has 0 N–H and O–H groups in total. The number of hydrogen-bond acceptors (Lipinski definition) is 1. The zero-order valence-electron chi connectivity index (χ0n) is 5.80. The first kappa shape index (κ1) is 7.14. The van der Waals surface area contributed by atoms with E-state index >= 15 is 0 Å². The molecule has 0 unspecified atom stereocenters. The van der Waals surface area contributed by atoms with Gasteiger partial charge in [0.2, 0.25) is 0 Å². The topological polar surface area (TPSA) is 0 Å². The lowest BCUT2D eigenvalue weighted by Crippen LogP contribution is -1.66. The van der Waals surface area contributed by atoms with Crippen LogP contribution in [0, 0.1) is 6.92 Å². The molecule has 0 saturated carbocycles. The van der Waals surface area contributed by atoms with Crippen LogP contribution < -0.4 is 0 Å². The minimum Gasteiger partial charge on any atom is -0.144 e. The van der Waals surface area contributed by atoms with Crippen LogP contribution in [-0.2, 0) is 0 Å². The van der Waals surface area contributed by atoms with E-state index in [1.807, 2.05) is 23.6 Å². The number of benzene rings is 1. The molecule has 0 bridgehead atoms. The fourth-order valence-corrected chi connectivity index (χ4v) is 2.09. The van der Waals surface area contributed by atoms with Crippen molar-refractivity contribution in [2.75, 3.05) is 0 Å². The van der Waals surface area contributed by atoms with Gasteiger partial charge >= 0.3 is 0 Å². The van der Waals surface area contributed by atoms with Gasteiger partial charge in [-0.2, -0.15) is 0 Å². The van der Waals surface area contributed by atoms with E-state index in [9.17, 15) is 0 Å². The van der Waals surface area contributed by atoms with Gasteiger partial charge < -0.3 is 0 Å². The van der Waals surface area contributed by atoms with Gasteiger partial charge in [-0.05, 0) is 41.5 Å². The highest BCUT2D eigenvalue weighted by atomic mass is 35.5. The van der Waals surface area contributed by atoms with Gasteiger partial charge in [0.1, 0.15) is 0 Å². The molecule has 0 atom stereocenters. The SMILES string of the molecule is [CH2]c1csc2ccc(Cl)cc12. The average molecular weight is 182 g/mol. The molecule has 0 aliphatic carbocycles. The summed E-state index contributed by atoms with van der Waals surface area (Å²) in [6.45, 7) is 3.90.